The predicted molar refractivity (Wildman–Crippen MR) is 103 cm³/mol. The van der Waals surface area contributed by atoms with Crippen LogP contribution >= 0.6 is 0 Å². The van der Waals surface area contributed by atoms with Gasteiger partial charge < -0.3 is 10.1 Å². The van der Waals surface area contributed by atoms with E-state index < -0.39 is 40.1 Å². The highest BCUT2D eigenvalue weighted by Gasteiger charge is 2.34. The monoisotopic (exact) mass is 464 g/mol. The van der Waals surface area contributed by atoms with Gasteiger partial charge in [0.05, 0.1) is 10.9 Å². The van der Waals surface area contributed by atoms with Crippen molar-refractivity contribution in [2.24, 2.45) is 0 Å². The van der Waals surface area contributed by atoms with Crippen molar-refractivity contribution in [2.45, 2.75) is 43.1 Å². The summed E-state index contributed by atoms with van der Waals surface area (Å²) in [5, 5.41) is 4.94. The van der Waals surface area contributed by atoms with Crippen molar-refractivity contribution in [1.82, 2.24) is 19.8 Å². The number of sulfonamides is 1. The molecule has 1 aromatic carbocycles. The molecule has 2 fully saturated rings. The smallest absolute Gasteiger partial charge is 0.406 e. The van der Waals surface area contributed by atoms with Gasteiger partial charge in [-0.1, -0.05) is 0 Å². The quantitative estimate of drug-likeness (QED) is 0.657. The van der Waals surface area contributed by atoms with Gasteiger partial charge in [-0.15, -0.1) is 13.2 Å². The maximum absolute atomic E-state index is 12.8. The zero-order chi connectivity index (χ0) is 22.8. The molecule has 31 heavy (non-hydrogen) atoms. The summed E-state index contributed by atoms with van der Waals surface area (Å²) in [5.74, 6) is -0.989. The summed E-state index contributed by atoms with van der Waals surface area (Å²) in [6.07, 6.45) is -3.07. The van der Waals surface area contributed by atoms with Crippen molar-refractivity contribution in [2.75, 3.05) is 26.2 Å². The van der Waals surface area contributed by atoms with Crippen molar-refractivity contribution >= 4 is 22.0 Å². The molecule has 1 aromatic rings. The number of urea groups is 1. The summed E-state index contributed by atoms with van der Waals surface area (Å²) in [5.41, 5.74) is 0. The van der Waals surface area contributed by atoms with E-state index >= 15 is 0 Å². The van der Waals surface area contributed by atoms with Gasteiger partial charge in [0.25, 0.3) is 0 Å². The predicted octanol–water partition coefficient (Wildman–Crippen LogP) is 1.27. The molecule has 172 valence electrons. The summed E-state index contributed by atoms with van der Waals surface area (Å²) in [7, 11) is -3.91. The van der Waals surface area contributed by atoms with E-state index in [1.54, 1.807) is 11.8 Å². The third-order valence-corrected chi connectivity index (χ3v) is 6.96. The van der Waals surface area contributed by atoms with Crippen molar-refractivity contribution in [1.29, 1.82) is 0 Å². The van der Waals surface area contributed by atoms with Crippen molar-refractivity contribution in [3.63, 3.8) is 0 Å². The molecule has 3 rings (SSSR count). The van der Waals surface area contributed by atoms with Crippen LogP contribution in [0.15, 0.2) is 29.2 Å². The number of benzene rings is 1. The average molecular weight is 464 g/mol. The number of nitrogens with zero attached hydrogens (tertiary/aromatic N) is 2. The van der Waals surface area contributed by atoms with Crippen LogP contribution in [0.25, 0.3) is 0 Å². The Labute approximate surface area is 177 Å². The lowest BCUT2D eigenvalue weighted by Crippen LogP contribution is -2.56. The number of ether oxygens (including phenoxy) is 1. The molecule has 1 aliphatic heterocycles. The second-order valence-corrected chi connectivity index (χ2v) is 9.31. The molecule has 9 nitrogen and oxygen atoms in total. The molecule has 1 atom stereocenters. The van der Waals surface area contributed by atoms with Crippen LogP contribution in [0.1, 0.15) is 19.8 Å². The summed E-state index contributed by atoms with van der Waals surface area (Å²) in [6, 6.07) is 2.93. The van der Waals surface area contributed by atoms with E-state index in [4.69, 9.17) is 0 Å². The number of nitrogens with one attached hydrogen (secondary N) is 2. The SMILES string of the molecule is CC(C(=O)NC(=O)NC1CC1)N1CCN(S(=O)(=O)c2ccc(OC(F)(F)F)cc2)CC1. The van der Waals surface area contributed by atoms with Crippen LogP contribution in [-0.2, 0) is 14.8 Å². The second-order valence-electron chi connectivity index (χ2n) is 7.37. The van der Waals surface area contributed by atoms with Crippen LogP contribution in [0.4, 0.5) is 18.0 Å². The Morgan fingerprint density at radius 3 is 2.19 bits per heavy atom. The lowest BCUT2D eigenvalue weighted by Gasteiger charge is -2.36. The van der Waals surface area contributed by atoms with Gasteiger partial charge in [-0.3, -0.25) is 15.0 Å². The Morgan fingerprint density at radius 1 is 1.10 bits per heavy atom. The molecule has 1 saturated heterocycles. The molecule has 13 heteroatoms. The molecule has 3 amide bonds. The average Bonchev–Trinajstić information content (AvgIpc) is 3.50. The van der Waals surface area contributed by atoms with Gasteiger partial charge in [-0.2, -0.15) is 4.31 Å². The van der Waals surface area contributed by atoms with E-state index in [1.165, 1.54) is 4.31 Å². The molecular formula is C18H23F3N4O5S. The number of carbonyl (C=O) groups is 2. The number of imide groups is 1. The van der Waals surface area contributed by atoms with E-state index in [9.17, 15) is 31.2 Å². The Bertz CT molecular complexity index is 911. The fourth-order valence-corrected chi connectivity index (χ4v) is 4.55. The Balaban J connectivity index is 1.54. The summed E-state index contributed by atoms with van der Waals surface area (Å²) < 4.78 is 67.2. The number of hydrogen-bond donors (Lipinski definition) is 2. The first-order valence-corrected chi connectivity index (χ1v) is 11.1. The lowest BCUT2D eigenvalue weighted by molar-refractivity contribution is -0.274. The largest absolute Gasteiger partial charge is 0.573 e. The highest BCUT2D eigenvalue weighted by Crippen LogP contribution is 2.25. The van der Waals surface area contributed by atoms with Gasteiger partial charge in [-0.05, 0) is 44.0 Å². The van der Waals surface area contributed by atoms with Gasteiger partial charge in [-0.25, -0.2) is 13.2 Å². The first kappa shape index (κ1) is 23.3. The maximum Gasteiger partial charge on any atom is 0.573 e. The maximum atomic E-state index is 12.8. The zero-order valence-electron chi connectivity index (χ0n) is 16.7. The minimum absolute atomic E-state index is 0.0923. The third-order valence-electron chi connectivity index (χ3n) is 5.04. The summed E-state index contributed by atoms with van der Waals surface area (Å²) in [6.45, 7) is 2.33. The van der Waals surface area contributed by atoms with Gasteiger partial charge in [0.15, 0.2) is 0 Å². The molecule has 0 radical (unpaired) electrons. The zero-order valence-corrected chi connectivity index (χ0v) is 17.5. The number of carbonyl (C=O) groups excluding carboxylic acids is 2. The van der Waals surface area contributed by atoms with Crippen LogP contribution < -0.4 is 15.4 Å². The van der Waals surface area contributed by atoms with Gasteiger partial charge in [0.2, 0.25) is 15.9 Å². The highest BCUT2D eigenvalue weighted by molar-refractivity contribution is 7.89. The summed E-state index contributed by atoms with van der Waals surface area (Å²) >= 11 is 0. The Morgan fingerprint density at radius 2 is 1.68 bits per heavy atom. The number of piperazine rings is 1. The normalized spacial score (nSPS) is 19.5. The minimum atomic E-state index is -4.86. The fraction of sp³-hybridized carbons (Fsp3) is 0.556. The number of halogens is 3. The number of rotatable bonds is 6. The summed E-state index contributed by atoms with van der Waals surface area (Å²) in [4.78, 5) is 25.6. The van der Waals surface area contributed by atoms with Gasteiger partial charge in [0, 0.05) is 32.2 Å². The highest BCUT2D eigenvalue weighted by atomic mass is 32.2. The topological polar surface area (TPSA) is 108 Å². The van der Waals surface area contributed by atoms with E-state index in [0.29, 0.717) is 0 Å². The Kier molecular flexibility index (Phi) is 6.76. The fourth-order valence-electron chi connectivity index (χ4n) is 3.12. The molecule has 1 saturated carbocycles. The molecule has 1 aliphatic carbocycles. The molecule has 2 N–H and O–H groups in total. The van der Waals surface area contributed by atoms with Crippen molar-refractivity contribution in [3.8, 4) is 5.75 Å². The molecular weight excluding hydrogens is 441 g/mol. The van der Waals surface area contributed by atoms with Crippen LogP contribution in [0, 0.1) is 0 Å². The standard InChI is InChI=1S/C18H23F3N4O5S/c1-12(16(26)23-17(27)22-13-2-3-13)24-8-10-25(11-9-24)31(28,29)15-6-4-14(5-7-15)30-18(19,20)21/h4-7,12-13H,2-3,8-11H2,1H3,(H2,22,23,26,27). The first-order chi connectivity index (χ1) is 14.5. The Hall–Kier alpha value is -2.38. The van der Waals surface area contributed by atoms with Crippen LogP contribution in [-0.4, -0.2) is 74.2 Å². The van der Waals surface area contributed by atoms with E-state index in [-0.39, 0.29) is 37.1 Å². The van der Waals surface area contributed by atoms with Gasteiger partial charge in [0.1, 0.15) is 5.75 Å². The van der Waals surface area contributed by atoms with Gasteiger partial charge >= 0.3 is 12.4 Å². The molecule has 0 aromatic heterocycles. The van der Waals surface area contributed by atoms with E-state index in [2.05, 4.69) is 15.4 Å². The minimum Gasteiger partial charge on any atom is -0.406 e. The second kappa shape index (κ2) is 9.01. The van der Waals surface area contributed by atoms with Crippen molar-refractivity contribution < 1.29 is 35.9 Å². The molecule has 0 spiro atoms. The molecule has 1 unspecified atom stereocenters. The van der Waals surface area contributed by atoms with Crippen LogP contribution in [0.5, 0.6) is 5.75 Å². The van der Waals surface area contributed by atoms with Crippen LogP contribution in [0.2, 0.25) is 0 Å². The molecule has 1 heterocycles. The third kappa shape index (κ3) is 6.31. The number of alkyl halides is 3. The first-order valence-electron chi connectivity index (χ1n) is 9.67. The van der Waals surface area contributed by atoms with Crippen LogP contribution in [0.3, 0.4) is 0 Å². The van der Waals surface area contributed by atoms with E-state index in [1.807, 2.05) is 0 Å². The lowest BCUT2D eigenvalue weighted by atomic mass is 10.2. The van der Waals surface area contributed by atoms with E-state index in [0.717, 1.165) is 37.1 Å². The number of amides is 3. The number of hydrogen-bond acceptors (Lipinski definition) is 6. The molecule has 2 aliphatic rings. The molecule has 0 bridgehead atoms. The van der Waals surface area contributed by atoms with Crippen molar-refractivity contribution in [3.05, 3.63) is 24.3 Å².